The van der Waals surface area contributed by atoms with Crippen LogP contribution >= 0.6 is 0 Å². The number of phenols is 1. The third-order valence-electron chi connectivity index (χ3n) is 2.72. The predicted octanol–water partition coefficient (Wildman–Crippen LogP) is 1.51. The number of phenolic OH excluding ortho intramolecular Hbond substituents is 1. The molecule has 2 aromatic rings. The van der Waals surface area contributed by atoms with Crippen LogP contribution in [0.1, 0.15) is 15.9 Å². The molecule has 0 bridgehead atoms. The molecular weight excluding hydrogens is 256 g/mol. The number of carbonyl (C=O) groups excluding carboxylic acids is 1. The Kier molecular flexibility index (Phi) is 3.56. The van der Waals surface area contributed by atoms with Gasteiger partial charge in [0.25, 0.3) is 5.91 Å². The van der Waals surface area contributed by atoms with Gasteiger partial charge in [0.1, 0.15) is 11.6 Å². The van der Waals surface area contributed by atoms with Crippen molar-refractivity contribution < 1.29 is 9.90 Å². The van der Waals surface area contributed by atoms with Gasteiger partial charge in [0.05, 0.1) is 5.56 Å². The minimum atomic E-state index is -0.467. The van der Waals surface area contributed by atoms with Crippen molar-refractivity contribution in [2.24, 2.45) is 5.73 Å². The summed E-state index contributed by atoms with van der Waals surface area (Å²) in [6.07, 6.45) is 0. The molecule has 0 fully saturated rings. The number of amidine groups is 1. The first-order chi connectivity index (χ1) is 9.47. The van der Waals surface area contributed by atoms with E-state index in [4.69, 9.17) is 16.9 Å². The SMILES string of the molecule is N=C(N)c1ccc(NC(=O)c2cc(N)ccc2O)cc1. The van der Waals surface area contributed by atoms with Crippen molar-refractivity contribution in [1.82, 2.24) is 0 Å². The smallest absolute Gasteiger partial charge is 0.259 e. The molecule has 7 N–H and O–H groups in total. The van der Waals surface area contributed by atoms with E-state index < -0.39 is 5.91 Å². The highest BCUT2D eigenvalue weighted by Crippen LogP contribution is 2.21. The van der Waals surface area contributed by atoms with Crippen LogP contribution in [0.3, 0.4) is 0 Å². The molecule has 0 aliphatic rings. The third-order valence-corrected chi connectivity index (χ3v) is 2.72. The lowest BCUT2D eigenvalue weighted by atomic mass is 10.1. The fraction of sp³-hybridized carbons (Fsp3) is 0. The van der Waals surface area contributed by atoms with E-state index in [9.17, 15) is 9.90 Å². The van der Waals surface area contributed by atoms with Crippen LogP contribution in [0.5, 0.6) is 5.75 Å². The van der Waals surface area contributed by atoms with Gasteiger partial charge in [-0.25, -0.2) is 0 Å². The van der Waals surface area contributed by atoms with Crippen LogP contribution in [0.2, 0.25) is 0 Å². The van der Waals surface area contributed by atoms with E-state index in [0.29, 0.717) is 16.9 Å². The average Bonchev–Trinajstić information content (AvgIpc) is 2.42. The highest BCUT2D eigenvalue weighted by atomic mass is 16.3. The normalized spacial score (nSPS) is 10.0. The van der Waals surface area contributed by atoms with Gasteiger partial charge < -0.3 is 21.9 Å². The molecule has 0 saturated heterocycles. The highest BCUT2D eigenvalue weighted by molar-refractivity contribution is 6.06. The third kappa shape index (κ3) is 2.86. The Morgan fingerprint density at radius 3 is 2.40 bits per heavy atom. The molecule has 102 valence electrons. The van der Waals surface area contributed by atoms with Gasteiger partial charge in [-0.2, -0.15) is 0 Å². The molecule has 6 heteroatoms. The van der Waals surface area contributed by atoms with E-state index in [-0.39, 0.29) is 17.1 Å². The first-order valence-corrected chi connectivity index (χ1v) is 5.81. The number of anilines is 2. The van der Waals surface area contributed by atoms with Gasteiger partial charge in [-0.15, -0.1) is 0 Å². The molecule has 0 aliphatic heterocycles. The predicted molar refractivity (Wildman–Crippen MR) is 77.9 cm³/mol. The van der Waals surface area contributed by atoms with Gasteiger partial charge in [0, 0.05) is 16.9 Å². The number of hydrogen-bond acceptors (Lipinski definition) is 4. The first kappa shape index (κ1) is 13.4. The summed E-state index contributed by atoms with van der Waals surface area (Å²) >= 11 is 0. The van der Waals surface area contributed by atoms with Crippen LogP contribution in [0.15, 0.2) is 42.5 Å². The van der Waals surface area contributed by atoms with Crippen molar-refractivity contribution in [3.8, 4) is 5.75 Å². The van der Waals surface area contributed by atoms with Crippen LogP contribution < -0.4 is 16.8 Å². The molecule has 1 amide bonds. The molecule has 2 rings (SSSR count). The van der Waals surface area contributed by atoms with E-state index in [0.717, 1.165) is 0 Å². The second kappa shape index (κ2) is 5.31. The van der Waals surface area contributed by atoms with Crippen LogP contribution in [-0.2, 0) is 0 Å². The van der Waals surface area contributed by atoms with Crippen molar-refractivity contribution in [2.45, 2.75) is 0 Å². The zero-order chi connectivity index (χ0) is 14.7. The molecule has 0 spiro atoms. The van der Waals surface area contributed by atoms with Crippen LogP contribution in [0, 0.1) is 5.41 Å². The number of nitrogens with one attached hydrogen (secondary N) is 2. The number of rotatable bonds is 3. The standard InChI is InChI=1S/C14H14N4O2/c15-9-3-6-12(19)11(7-9)14(20)18-10-4-1-8(2-5-10)13(16)17/h1-7,19H,15H2,(H3,16,17)(H,18,20). The van der Waals surface area contributed by atoms with Crippen molar-refractivity contribution in [1.29, 1.82) is 5.41 Å². The Labute approximate surface area is 115 Å². The quantitative estimate of drug-likeness (QED) is 0.251. The first-order valence-electron chi connectivity index (χ1n) is 5.81. The molecule has 0 atom stereocenters. The number of benzene rings is 2. The van der Waals surface area contributed by atoms with Gasteiger partial charge in [-0.3, -0.25) is 10.2 Å². The average molecular weight is 270 g/mol. The van der Waals surface area contributed by atoms with Gasteiger partial charge in [0.2, 0.25) is 0 Å². The molecule has 6 nitrogen and oxygen atoms in total. The minimum Gasteiger partial charge on any atom is -0.507 e. The summed E-state index contributed by atoms with van der Waals surface area (Å²) in [6.45, 7) is 0. The minimum absolute atomic E-state index is 0.0450. The maximum absolute atomic E-state index is 12.0. The topological polar surface area (TPSA) is 125 Å². The largest absolute Gasteiger partial charge is 0.507 e. The molecule has 0 saturated carbocycles. The van der Waals surface area contributed by atoms with Crippen molar-refractivity contribution in [2.75, 3.05) is 11.1 Å². The maximum Gasteiger partial charge on any atom is 0.259 e. The number of hydrogen-bond donors (Lipinski definition) is 5. The van der Waals surface area contributed by atoms with E-state index in [2.05, 4.69) is 5.32 Å². The number of carbonyl (C=O) groups is 1. The van der Waals surface area contributed by atoms with E-state index in [1.807, 2.05) is 0 Å². The van der Waals surface area contributed by atoms with E-state index in [1.165, 1.54) is 18.2 Å². The zero-order valence-corrected chi connectivity index (χ0v) is 10.6. The van der Waals surface area contributed by atoms with Gasteiger partial charge >= 0.3 is 0 Å². The second-order valence-electron chi connectivity index (χ2n) is 4.22. The molecule has 0 unspecified atom stereocenters. The lowest BCUT2D eigenvalue weighted by Gasteiger charge is -2.08. The van der Waals surface area contributed by atoms with Gasteiger partial charge in [-0.05, 0) is 42.5 Å². The summed E-state index contributed by atoms with van der Waals surface area (Å²) in [6, 6.07) is 10.8. The summed E-state index contributed by atoms with van der Waals surface area (Å²) in [5.74, 6) is -0.654. The molecule has 20 heavy (non-hydrogen) atoms. The zero-order valence-electron chi connectivity index (χ0n) is 10.6. The molecule has 0 aliphatic carbocycles. The summed E-state index contributed by atoms with van der Waals surface area (Å²) in [4.78, 5) is 12.0. The van der Waals surface area contributed by atoms with Crippen molar-refractivity contribution >= 4 is 23.1 Å². The van der Waals surface area contributed by atoms with E-state index in [1.54, 1.807) is 24.3 Å². The Bertz CT molecular complexity index is 665. The van der Waals surface area contributed by atoms with Crippen LogP contribution in [0.25, 0.3) is 0 Å². The fourth-order valence-electron chi connectivity index (χ4n) is 1.67. The summed E-state index contributed by atoms with van der Waals surface area (Å²) in [5.41, 5.74) is 12.5. The second-order valence-corrected chi connectivity index (χ2v) is 4.22. The van der Waals surface area contributed by atoms with Crippen molar-refractivity contribution in [3.05, 3.63) is 53.6 Å². The monoisotopic (exact) mass is 270 g/mol. The summed E-state index contributed by atoms with van der Waals surface area (Å²) in [7, 11) is 0. The molecule has 0 heterocycles. The van der Waals surface area contributed by atoms with Crippen LogP contribution in [0.4, 0.5) is 11.4 Å². The number of nitrogen functional groups attached to an aromatic ring is 2. The lowest BCUT2D eigenvalue weighted by molar-refractivity contribution is 0.102. The Hall–Kier alpha value is -3.02. The number of aromatic hydroxyl groups is 1. The Morgan fingerprint density at radius 1 is 1.15 bits per heavy atom. The number of amides is 1. The Balaban J connectivity index is 2.19. The molecule has 2 aromatic carbocycles. The maximum atomic E-state index is 12.0. The molecule has 0 radical (unpaired) electrons. The summed E-state index contributed by atoms with van der Waals surface area (Å²) in [5, 5.41) is 19.5. The summed E-state index contributed by atoms with van der Waals surface area (Å²) < 4.78 is 0. The molecular formula is C14H14N4O2. The van der Waals surface area contributed by atoms with E-state index >= 15 is 0 Å². The van der Waals surface area contributed by atoms with Gasteiger partial charge in [-0.1, -0.05) is 0 Å². The van der Waals surface area contributed by atoms with Gasteiger partial charge in [0.15, 0.2) is 0 Å². The Morgan fingerprint density at radius 2 is 1.80 bits per heavy atom. The highest BCUT2D eigenvalue weighted by Gasteiger charge is 2.11. The fourth-order valence-corrected chi connectivity index (χ4v) is 1.67. The van der Waals surface area contributed by atoms with Crippen LogP contribution in [-0.4, -0.2) is 16.8 Å². The molecule has 0 aromatic heterocycles. The lowest BCUT2D eigenvalue weighted by Crippen LogP contribution is -2.13. The van der Waals surface area contributed by atoms with Crippen molar-refractivity contribution in [3.63, 3.8) is 0 Å². The number of nitrogens with two attached hydrogens (primary N) is 2.